The van der Waals surface area contributed by atoms with Gasteiger partial charge in [0.25, 0.3) is 0 Å². The van der Waals surface area contributed by atoms with Crippen LogP contribution in [0, 0.1) is 24.1 Å². The molecule has 0 radical (unpaired) electrons. The van der Waals surface area contributed by atoms with Gasteiger partial charge in [-0.05, 0) is 38.1 Å². The maximum Gasteiger partial charge on any atom is 0.319 e. The predicted octanol–water partition coefficient (Wildman–Crippen LogP) is 2.48. The third-order valence-corrected chi connectivity index (χ3v) is 3.00. The molecule has 0 bridgehead atoms. The Bertz CT molecular complexity index is 719. The topological polar surface area (TPSA) is 93.6 Å². The number of nitrogens with zero attached hydrogens (tertiary/aromatic N) is 2. The lowest BCUT2D eigenvalue weighted by atomic mass is 10.2. The van der Waals surface area contributed by atoms with Crippen LogP contribution in [0.4, 0.5) is 14.9 Å². The van der Waals surface area contributed by atoms with Gasteiger partial charge in [-0.1, -0.05) is 0 Å². The number of hydrogen-bond donors (Lipinski definition) is 3. The van der Waals surface area contributed by atoms with Crippen LogP contribution in [0.15, 0.2) is 24.3 Å². The average Bonchev–Trinajstić information content (AvgIpc) is 2.85. The van der Waals surface area contributed by atoms with E-state index in [0.29, 0.717) is 6.42 Å². The minimum absolute atomic E-state index is 0.0747. The Morgan fingerprint density at radius 1 is 1.50 bits per heavy atom. The van der Waals surface area contributed by atoms with Crippen molar-refractivity contribution in [1.29, 1.82) is 5.26 Å². The Labute approximate surface area is 127 Å². The van der Waals surface area contributed by atoms with Crippen LogP contribution >= 0.6 is 0 Å². The molecule has 1 heterocycles. The van der Waals surface area contributed by atoms with Crippen molar-refractivity contribution in [3.8, 4) is 6.07 Å². The molecule has 1 aromatic carbocycles. The van der Waals surface area contributed by atoms with E-state index in [2.05, 4.69) is 20.8 Å². The van der Waals surface area contributed by atoms with Gasteiger partial charge in [0.05, 0.1) is 16.9 Å². The predicted molar refractivity (Wildman–Crippen MR) is 79.8 cm³/mol. The van der Waals surface area contributed by atoms with Gasteiger partial charge in [-0.2, -0.15) is 10.4 Å². The molecule has 2 aromatic rings. The van der Waals surface area contributed by atoms with Crippen molar-refractivity contribution in [2.75, 3.05) is 5.32 Å². The zero-order valence-electron chi connectivity index (χ0n) is 12.3. The normalized spacial score (nSPS) is 11.5. The molecule has 0 aliphatic rings. The third-order valence-electron chi connectivity index (χ3n) is 3.00. The van der Waals surface area contributed by atoms with E-state index in [9.17, 15) is 9.18 Å². The highest BCUT2D eigenvalue weighted by atomic mass is 19.1. The van der Waals surface area contributed by atoms with Crippen molar-refractivity contribution < 1.29 is 9.18 Å². The van der Waals surface area contributed by atoms with Crippen molar-refractivity contribution in [2.24, 2.45) is 0 Å². The molecule has 6 nitrogen and oxygen atoms in total. The van der Waals surface area contributed by atoms with E-state index in [4.69, 9.17) is 5.26 Å². The molecule has 7 heteroatoms. The lowest BCUT2D eigenvalue weighted by molar-refractivity contribution is 0.249. The molecule has 1 atom stereocenters. The molecule has 22 heavy (non-hydrogen) atoms. The van der Waals surface area contributed by atoms with Crippen LogP contribution in [0.25, 0.3) is 0 Å². The summed E-state index contributed by atoms with van der Waals surface area (Å²) in [6, 6.07) is 6.77. The first-order valence-electron chi connectivity index (χ1n) is 6.76. The Morgan fingerprint density at radius 3 is 2.91 bits per heavy atom. The highest BCUT2D eigenvalue weighted by Crippen LogP contribution is 2.15. The van der Waals surface area contributed by atoms with Gasteiger partial charge < -0.3 is 10.6 Å². The van der Waals surface area contributed by atoms with Gasteiger partial charge in [0.1, 0.15) is 11.9 Å². The van der Waals surface area contributed by atoms with Gasteiger partial charge in [0.15, 0.2) is 0 Å². The fraction of sp³-hybridized carbons (Fsp3) is 0.267. The van der Waals surface area contributed by atoms with E-state index >= 15 is 0 Å². The molecule has 1 aromatic heterocycles. The van der Waals surface area contributed by atoms with Gasteiger partial charge in [-0.3, -0.25) is 5.10 Å². The Balaban J connectivity index is 1.94. The summed E-state index contributed by atoms with van der Waals surface area (Å²) in [5, 5.41) is 21.2. The molecule has 0 spiro atoms. The van der Waals surface area contributed by atoms with Gasteiger partial charge in [-0.15, -0.1) is 0 Å². The quantitative estimate of drug-likeness (QED) is 0.809. The van der Waals surface area contributed by atoms with Crippen molar-refractivity contribution in [3.63, 3.8) is 0 Å². The van der Waals surface area contributed by atoms with Crippen molar-refractivity contribution in [3.05, 3.63) is 47.0 Å². The van der Waals surface area contributed by atoms with Gasteiger partial charge >= 0.3 is 6.03 Å². The van der Waals surface area contributed by atoms with Crippen molar-refractivity contribution in [1.82, 2.24) is 15.5 Å². The van der Waals surface area contributed by atoms with E-state index in [1.54, 1.807) is 0 Å². The van der Waals surface area contributed by atoms with Crippen LogP contribution in [0.5, 0.6) is 0 Å². The summed E-state index contributed by atoms with van der Waals surface area (Å²) >= 11 is 0. The smallest absolute Gasteiger partial charge is 0.319 e. The lowest BCUT2D eigenvalue weighted by Crippen LogP contribution is -2.37. The number of hydrogen-bond acceptors (Lipinski definition) is 3. The summed E-state index contributed by atoms with van der Waals surface area (Å²) in [5.41, 5.74) is 2.15. The van der Waals surface area contributed by atoms with E-state index in [1.165, 1.54) is 12.1 Å². The molecular weight excluding hydrogens is 285 g/mol. The summed E-state index contributed by atoms with van der Waals surface area (Å²) < 4.78 is 13.0. The number of aromatic nitrogens is 2. The molecule has 2 amide bonds. The number of benzene rings is 1. The highest BCUT2D eigenvalue weighted by molar-refractivity contribution is 5.90. The second-order valence-electron chi connectivity index (χ2n) is 5.05. The first-order chi connectivity index (χ1) is 10.5. The number of urea groups is 1. The summed E-state index contributed by atoms with van der Waals surface area (Å²) in [5.74, 6) is -0.523. The van der Waals surface area contributed by atoms with Crippen LogP contribution in [0.2, 0.25) is 0 Å². The van der Waals surface area contributed by atoms with Gasteiger partial charge in [0, 0.05) is 18.2 Å². The van der Waals surface area contributed by atoms with Crippen LogP contribution in [0.3, 0.4) is 0 Å². The first kappa shape index (κ1) is 15.5. The van der Waals surface area contributed by atoms with E-state index in [0.717, 1.165) is 17.5 Å². The largest absolute Gasteiger partial charge is 0.335 e. The second kappa shape index (κ2) is 6.72. The molecule has 0 saturated heterocycles. The number of carbonyl (C=O) groups excluding carboxylic acids is 1. The first-order valence-corrected chi connectivity index (χ1v) is 6.76. The molecule has 0 aliphatic carbocycles. The number of carbonyl (C=O) groups is 1. The standard InChI is InChI=1S/C15H16FN5O/c1-9(5-13-6-10(2)20-21-13)18-15(22)19-14-4-3-12(16)7-11(14)8-17/h3-4,6-7,9H,5H2,1-2H3,(H,20,21)(H2,18,19,22)/t9-/m1/s1. The van der Waals surface area contributed by atoms with Crippen LogP contribution < -0.4 is 10.6 Å². The minimum atomic E-state index is -0.523. The second-order valence-corrected chi connectivity index (χ2v) is 5.05. The summed E-state index contributed by atoms with van der Waals surface area (Å²) in [7, 11) is 0. The third kappa shape index (κ3) is 4.06. The molecule has 0 fully saturated rings. The number of nitrogens with one attached hydrogen (secondary N) is 3. The maximum absolute atomic E-state index is 13.0. The van der Waals surface area contributed by atoms with Crippen LogP contribution in [0.1, 0.15) is 23.9 Å². The Morgan fingerprint density at radius 2 is 2.27 bits per heavy atom. The average molecular weight is 301 g/mol. The van der Waals surface area contributed by atoms with Crippen molar-refractivity contribution in [2.45, 2.75) is 26.3 Å². The monoisotopic (exact) mass is 301 g/mol. The summed E-state index contributed by atoms with van der Waals surface area (Å²) in [6.45, 7) is 3.75. The van der Waals surface area contributed by atoms with Crippen LogP contribution in [-0.2, 0) is 6.42 Å². The number of rotatable bonds is 4. The van der Waals surface area contributed by atoms with E-state index in [1.807, 2.05) is 26.0 Å². The number of halogens is 1. The maximum atomic E-state index is 13.0. The van der Waals surface area contributed by atoms with E-state index in [-0.39, 0.29) is 17.3 Å². The molecular formula is C15H16FN5O. The van der Waals surface area contributed by atoms with Crippen molar-refractivity contribution >= 4 is 11.7 Å². The highest BCUT2D eigenvalue weighted by Gasteiger charge is 2.12. The number of aryl methyl sites for hydroxylation is 1. The molecule has 0 aliphatic heterocycles. The molecule has 114 valence electrons. The lowest BCUT2D eigenvalue weighted by Gasteiger charge is -2.14. The van der Waals surface area contributed by atoms with E-state index < -0.39 is 11.8 Å². The number of nitriles is 1. The number of H-pyrrole nitrogens is 1. The molecule has 2 rings (SSSR count). The molecule has 0 saturated carbocycles. The molecule has 0 unspecified atom stereocenters. The zero-order chi connectivity index (χ0) is 16.1. The number of anilines is 1. The fourth-order valence-electron chi connectivity index (χ4n) is 2.04. The molecule has 3 N–H and O–H groups in total. The summed E-state index contributed by atoms with van der Waals surface area (Å²) in [4.78, 5) is 11.9. The zero-order valence-corrected chi connectivity index (χ0v) is 12.3. The minimum Gasteiger partial charge on any atom is -0.335 e. The number of aromatic amines is 1. The SMILES string of the molecule is Cc1cc(C[C@@H](C)NC(=O)Nc2ccc(F)cc2C#N)n[nH]1. The van der Waals surface area contributed by atoms with Crippen LogP contribution in [-0.4, -0.2) is 22.3 Å². The summed E-state index contributed by atoms with van der Waals surface area (Å²) in [6.07, 6.45) is 0.576. The van der Waals surface area contributed by atoms with Gasteiger partial charge in [0.2, 0.25) is 0 Å². The Hall–Kier alpha value is -2.88. The Kier molecular flexibility index (Phi) is 4.73. The fourth-order valence-corrected chi connectivity index (χ4v) is 2.04. The number of amides is 2. The van der Waals surface area contributed by atoms with Gasteiger partial charge in [-0.25, -0.2) is 9.18 Å².